The second-order valence-electron chi connectivity index (χ2n) is 11.9. The number of nitrogens with two attached hydrogens (primary N) is 1. The van der Waals surface area contributed by atoms with E-state index in [2.05, 4.69) is 60.6 Å². The third kappa shape index (κ3) is 15.6. The maximum absolute atomic E-state index is 13.2. The number of alkyl carbamates (subject to hydrolysis) is 1. The summed E-state index contributed by atoms with van der Waals surface area (Å²) in [6.45, 7) is 5.32. The van der Waals surface area contributed by atoms with Crippen LogP contribution < -0.4 is 16.4 Å². The number of carbonyl (C=O) groups excluding carboxylic acids is 4. The van der Waals surface area contributed by atoms with Gasteiger partial charge in [0.05, 0.1) is 14.2 Å². The van der Waals surface area contributed by atoms with Crippen molar-refractivity contribution in [3.05, 3.63) is 66.8 Å². The average Bonchev–Trinajstić information content (AvgIpc) is 2.98. The molecule has 1 saturated carbocycles. The maximum atomic E-state index is 13.2. The third-order valence-electron chi connectivity index (χ3n) is 7.06. The van der Waals surface area contributed by atoms with Gasteiger partial charge < -0.3 is 30.6 Å². The molecule has 3 atom stereocenters. The van der Waals surface area contributed by atoms with Gasteiger partial charge in [-0.1, -0.05) is 43.5 Å². The lowest BCUT2D eigenvalue weighted by atomic mass is 9.83. The number of esters is 2. The predicted octanol–water partition coefficient (Wildman–Crippen LogP) is 5.72. The van der Waals surface area contributed by atoms with E-state index in [0.29, 0.717) is 12.8 Å². The summed E-state index contributed by atoms with van der Waals surface area (Å²) in [5.41, 5.74) is 6.93. The fourth-order valence-corrected chi connectivity index (χ4v) is 6.16. The van der Waals surface area contributed by atoms with Crippen molar-refractivity contribution in [2.24, 2.45) is 11.7 Å². The molecule has 2 amide bonds. The van der Waals surface area contributed by atoms with E-state index < -0.39 is 41.7 Å². The first-order valence-corrected chi connectivity index (χ1v) is 17.1. The van der Waals surface area contributed by atoms with Crippen LogP contribution in [0.2, 0.25) is 0 Å². The van der Waals surface area contributed by atoms with Crippen LogP contribution in [0.1, 0.15) is 64.0 Å². The number of hydrogen-bond acceptors (Lipinski definition) is 8. The van der Waals surface area contributed by atoms with Crippen molar-refractivity contribution in [1.29, 1.82) is 0 Å². The van der Waals surface area contributed by atoms with Gasteiger partial charge in [0, 0.05) is 13.6 Å². The van der Waals surface area contributed by atoms with E-state index >= 15 is 0 Å². The van der Waals surface area contributed by atoms with Gasteiger partial charge in [0.15, 0.2) is 0 Å². The zero-order chi connectivity index (χ0) is 33.6. The van der Waals surface area contributed by atoms with Gasteiger partial charge in [0.1, 0.15) is 23.7 Å². The van der Waals surface area contributed by atoms with E-state index in [9.17, 15) is 19.2 Å². The highest BCUT2D eigenvalue weighted by Gasteiger charge is 2.34. The molecule has 1 aliphatic rings. The largest absolute Gasteiger partial charge is 0.468 e. The van der Waals surface area contributed by atoms with Crippen LogP contribution in [0.15, 0.2) is 48.5 Å². The Morgan fingerprint density at radius 2 is 1.37 bits per heavy atom. The molecule has 1 fully saturated rings. The molecule has 46 heavy (non-hydrogen) atoms. The molecule has 256 valence electrons. The molecule has 4 N–H and O–H groups in total. The smallest absolute Gasteiger partial charge is 0.408 e. The summed E-state index contributed by atoms with van der Waals surface area (Å²) < 4.78 is 17.0. The summed E-state index contributed by atoms with van der Waals surface area (Å²) in [6, 6.07) is 13.4. The molecule has 0 radical (unpaired) electrons. The highest BCUT2D eigenvalue weighted by atomic mass is 127. The molecule has 0 aromatic heterocycles. The molecule has 2 aromatic carbocycles. The Labute approximate surface area is 305 Å². The van der Waals surface area contributed by atoms with Crippen molar-refractivity contribution < 1.29 is 33.4 Å². The monoisotopic (exact) mass is 885 g/mol. The van der Waals surface area contributed by atoms with E-state index in [4.69, 9.17) is 15.2 Å². The minimum atomic E-state index is -0.845. The van der Waals surface area contributed by atoms with Crippen molar-refractivity contribution in [2.45, 2.75) is 89.4 Å². The average molecular weight is 886 g/mol. The van der Waals surface area contributed by atoms with Crippen LogP contribution in [0.4, 0.5) is 4.79 Å². The van der Waals surface area contributed by atoms with Crippen LogP contribution in [0, 0.1) is 13.1 Å². The first-order chi connectivity index (χ1) is 21.2. The van der Waals surface area contributed by atoms with Gasteiger partial charge in [-0.05, 0) is 127 Å². The number of halogens is 3. The van der Waals surface area contributed by atoms with Gasteiger partial charge in [-0.25, -0.2) is 9.59 Å². The molecular weight excluding hydrogens is 840 g/mol. The van der Waals surface area contributed by atoms with Crippen LogP contribution in [0.25, 0.3) is 0 Å². The Balaban J connectivity index is 0.000000591. The number of rotatable bonds is 10. The molecule has 13 heteroatoms. The highest BCUT2D eigenvalue weighted by molar-refractivity contribution is 14.1. The van der Waals surface area contributed by atoms with Crippen molar-refractivity contribution in [1.82, 2.24) is 10.6 Å². The van der Waals surface area contributed by atoms with Crippen LogP contribution in [-0.2, 0) is 41.4 Å². The normalized spacial score (nSPS) is 15.0. The fraction of sp³-hybridized carbons (Fsp3) is 0.515. The van der Waals surface area contributed by atoms with E-state index in [1.54, 1.807) is 20.8 Å². The topological polar surface area (TPSA) is 146 Å². The summed E-state index contributed by atoms with van der Waals surface area (Å²) in [5, 5.41) is 5.57. The molecular formula is C33H46ClI2N3O7. The van der Waals surface area contributed by atoms with Crippen molar-refractivity contribution >= 4 is 81.5 Å². The van der Waals surface area contributed by atoms with Gasteiger partial charge in [-0.3, -0.25) is 9.59 Å². The summed E-state index contributed by atoms with van der Waals surface area (Å²) in [7, 11) is 2.64. The summed E-state index contributed by atoms with van der Waals surface area (Å²) in [5.74, 6) is -1.29. The van der Waals surface area contributed by atoms with E-state index in [-0.39, 0.29) is 24.3 Å². The quantitative estimate of drug-likeness (QED) is 0.156. The predicted molar refractivity (Wildman–Crippen MR) is 197 cm³/mol. The Morgan fingerprint density at radius 1 is 0.848 bits per heavy atom. The fourth-order valence-electron chi connectivity index (χ4n) is 4.95. The minimum absolute atomic E-state index is 0. The first kappa shape index (κ1) is 41.9. The number of nitrogens with one attached hydrogen (secondary N) is 2. The van der Waals surface area contributed by atoms with Gasteiger partial charge in [-0.15, -0.1) is 12.4 Å². The summed E-state index contributed by atoms with van der Waals surface area (Å²) >= 11 is 4.42. The Kier molecular flexibility index (Phi) is 19.0. The number of methoxy groups -OCH3 is 2. The lowest BCUT2D eigenvalue weighted by molar-refractivity contribution is -0.145. The molecule has 0 bridgehead atoms. The van der Waals surface area contributed by atoms with Crippen molar-refractivity contribution in [2.75, 3.05) is 14.2 Å². The number of hydrogen-bond donors (Lipinski definition) is 3. The van der Waals surface area contributed by atoms with Gasteiger partial charge in [0.25, 0.3) is 0 Å². The molecule has 2 aromatic rings. The number of amides is 2. The molecule has 0 saturated heterocycles. The van der Waals surface area contributed by atoms with Gasteiger partial charge in [-0.2, -0.15) is 0 Å². The Hall–Kier alpha value is -2.17. The SMILES string of the molecule is COC(=O)[C@@H](N)Cc1cccc(I)c1.COC(=O)[C@H](Cc1cccc(I)c1)NC(=O)[C@@H](NC(=O)OC(C)(C)C)C1CCCCC1.Cl. The second-order valence-corrected chi connectivity index (χ2v) is 14.4. The van der Waals surface area contributed by atoms with Crippen LogP contribution >= 0.6 is 57.6 Å². The zero-order valence-corrected chi connectivity index (χ0v) is 32.1. The Bertz CT molecular complexity index is 1290. The molecule has 3 rings (SSSR count). The van der Waals surface area contributed by atoms with Gasteiger partial charge in [0.2, 0.25) is 5.91 Å². The third-order valence-corrected chi connectivity index (χ3v) is 8.40. The molecule has 0 spiro atoms. The molecule has 0 unspecified atom stereocenters. The summed E-state index contributed by atoms with van der Waals surface area (Å²) in [4.78, 5) is 49.1. The Morgan fingerprint density at radius 3 is 1.85 bits per heavy atom. The molecule has 10 nitrogen and oxygen atoms in total. The van der Waals surface area contributed by atoms with Crippen molar-refractivity contribution in [3.63, 3.8) is 0 Å². The van der Waals surface area contributed by atoms with Crippen LogP contribution in [0.3, 0.4) is 0 Å². The second kappa shape index (κ2) is 20.9. The number of carbonyl (C=O) groups is 4. The summed E-state index contributed by atoms with van der Waals surface area (Å²) in [6.07, 6.45) is 5.00. The zero-order valence-electron chi connectivity index (χ0n) is 27.0. The first-order valence-electron chi connectivity index (χ1n) is 14.9. The molecule has 0 aliphatic heterocycles. The highest BCUT2D eigenvalue weighted by Crippen LogP contribution is 2.27. The van der Waals surface area contributed by atoms with E-state index in [1.807, 2.05) is 48.5 Å². The standard InChI is InChI=1S/C23H33IN2O5.C10H12INO2.ClH/c1-23(2,3)31-22(29)26-19(16-10-6-5-7-11-16)20(27)25-18(21(28)30-4)14-15-9-8-12-17(24)13-15;1-14-10(13)9(12)6-7-3-2-4-8(11)5-7;/h8-9,12-13,16,18-19H,5-7,10-11,14H2,1-4H3,(H,25,27)(H,26,29);2-5,9H,6,12H2,1H3;1H/t18-,19-;9-;/m00./s1. The van der Waals surface area contributed by atoms with E-state index in [1.165, 1.54) is 14.2 Å². The van der Waals surface area contributed by atoms with Crippen LogP contribution in [0.5, 0.6) is 0 Å². The van der Waals surface area contributed by atoms with Crippen molar-refractivity contribution in [3.8, 4) is 0 Å². The lowest BCUT2D eigenvalue weighted by Crippen LogP contribution is -2.56. The van der Waals surface area contributed by atoms with Crippen LogP contribution in [-0.4, -0.2) is 61.9 Å². The van der Waals surface area contributed by atoms with Gasteiger partial charge >= 0.3 is 18.0 Å². The maximum Gasteiger partial charge on any atom is 0.408 e. The molecule has 0 heterocycles. The minimum Gasteiger partial charge on any atom is -0.468 e. The number of benzene rings is 2. The molecule has 1 aliphatic carbocycles. The van der Waals surface area contributed by atoms with E-state index in [0.717, 1.165) is 50.4 Å². The lowest BCUT2D eigenvalue weighted by Gasteiger charge is -2.31. The number of ether oxygens (including phenoxy) is 3.